The zero-order valence-electron chi connectivity index (χ0n) is 29.7. The minimum Gasteiger partial charge on any atom is -0.370 e. The van der Waals surface area contributed by atoms with E-state index in [1.165, 1.54) is 21.5 Å². The fraction of sp³-hybridized carbons (Fsp3) is 0.472. The van der Waals surface area contributed by atoms with E-state index >= 15 is 0 Å². The number of carbonyl (C=O) groups is 3. The van der Waals surface area contributed by atoms with Gasteiger partial charge in [0.15, 0.2) is 11.3 Å². The molecule has 2 aliphatic heterocycles. The number of aryl methyl sites for hydroxylation is 2. The van der Waals surface area contributed by atoms with Crippen LogP contribution in [0.4, 0.5) is 20.2 Å². The van der Waals surface area contributed by atoms with Gasteiger partial charge in [-0.15, -0.1) is 0 Å². The van der Waals surface area contributed by atoms with Gasteiger partial charge in [0.1, 0.15) is 11.6 Å². The van der Waals surface area contributed by atoms with Crippen LogP contribution < -0.4 is 21.2 Å². The molecule has 53 heavy (non-hydrogen) atoms. The van der Waals surface area contributed by atoms with Gasteiger partial charge in [-0.1, -0.05) is 6.07 Å². The lowest BCUT2D eigenvalue weighted by molar-refractivity contribution is -0.135. The Kier molecular flexibility index (Phi) is 8.83. The summed E-state index contributed by atoms with van der Waals surface area (Å²) in [5.74, 6) is -0.974. The van der Waals surface area contributed by atoms with Crippen molar-refractivity contribution in [2.75, 3.05) is 36.9 Å². The van der Waals surface area contributed by atoms with Crippen molar-refractivity contribution >= 4 is 45.8 Å². The van der Waals surface area contributed by atoms with Gasteiger partial charge in [0.25, 0.3) is 12.3 Å². The number of para-hydroxylation sites is 1. The van der Waals surface area contributed by atoms with E-state index in [9.17, 15) is 28.0 Å². The average molecular weight is 730 g/mol. The van der Waals surface area contributed by atoms with Crippen LogP contribution in [0.1, 0.15) is 78.8 Å². The molecule has 1 saturated carbocycles. The highest BCUT2D eigenvalue weighted by Crippen LogP contribution is 2.40. The van der Waals surface area contributed by atoms with Crippen LogP contribution in [0.5, 0.6) is 0 Å². The molecule has 1 atom stereocenters. The molecule has 8 rings (SSSR count). The Morgan fingerprint density at radius 3 is 2.62 bits per heavy atom. The molecule has 3 aliphatic rings. The summed E-state index contributed by atoms with van der Waals surface area (Å²) < 4.78 is 34.3. The van der Waals surface area contributed by atoms with Crippen molar-refractivity contribution in [3.05, 3.63) is 70.3 Å². The fourth-order valence-electron chi connectivity index (χ4n) is 8.28. The number of rotatable bonds is 9. The van der Waals surface area contributed by atoms with Gasteiger partial charge in [-0.3, -0.25) is 33.5 Å². The van der Waals surface area contributed by atoms with E-state index in [0.29, 0.717) is 23.1 Å². The van der Waals surface area contributed by atoms with Gasteiger partial charge < -0.3 is 15.1 Å². The molecule has 15 nitrogen and oxygen atoms in total. The number of anilines is 2. The van der Waals surface area contributed by atoms with Crippen LogP contribution in [0.2, 0.25) is 0 Å². The van der Waals surface area contributed by atoms with Crippen LogP contribution in [0.25, 0.3) is 16.7 Å². The first-order valence-electron chi connectivity index (χ1n) is 17.9. The third-order valence-corrected chi connectivity index (χ3v) is 11.2. The number of halogens is 2. The summed E-state index contributed by atoms with van der Waals surface area (Å²) in [6.07, 6.45) is 5.49. The van der Waals surface area contributed by atoms with Crippen LogP contribution >= 0.6 is 0 Å². The lowest BCUT2D eigenvalue weighted by atomic mass is 9.79. The van der Waals surface area contributed by atoms with E-state index in [1.807, 2.05) is 25.1 Å². The number of piperidine rings is 2. The maximum absolute atomic E-state index is 14.0. The molecule has 2 saturated heterocycles. The van der Waals surface area contributed by atoms with Crippen molar-refractivity contribution in [2.24, 2.45) is 13.0 Å². The van der Waals surface area contributed by atoms with Crippen molar-refractivity contribution in [3.8, 4) is 0 Å². The summed E-state index contributed by atoms with van der Waals surface area (Å²) in [6.45, 7) is 4.29. The predicted octanol–water partition coefficient (Wildman–Crippen LogP) is 3.61. The van der Waals surface area contributed by atoms with Gasteiger partial charge in [0, 0.05) is 57.2 Å². The van der Waals surface area contributed by atoms with Gasteiger partial charge in [-0.05, 0) is 70.2 Å². The number of imide groups is 1. The molecular formula is C36H41F2N11O4. The number of hydrogen-bond donors (Lipinski definition) is 2. The van der Waals surface area contributed by atoms with Gasteiger partial charge in [0.05, 0.1) is 34.6 Å². The summed E-state index contributed by atoms with van der Waals surface area (Å²) in [4.78, 5) is 59.8. The molecule has 17 heteroatoms. The lowest BCUT2D eigenvalue weighted by Gasteiger charge is -2.42. The summed E-state index contributed by atoms with van der Waals surface area (Å²) in [7, 11) is 3.85. The third-order valence-electron chi connectivity index (χ3n) is 11.2. The molecular weight excluding hydrogens is 688 g/mol. The number of aromatic nitrogens is 7. The molecule has 3 amide bonds. The van der Waals surface area contributed by atoms with Crippen LogP contribution in [0.3, 0.4) is 0 Å². The number of carbonyl (C=O) groups excluding carboxylic acids is 3. The monoisotopic (exact) mass is 729 g/mol. The Morgan fingerprint density at radius 1 is 1.11 bits per heavy atom. The molecule has 6 heterocycles. The highest BCUT2D eigenvalue weighted by atomic mass is 19.3. The summed E-state index contributed by atoms with van der Waals surface area (Å²) in [6, 6.07) is 7.12. The number of nitrogens with one attached hydrogen (secondary N) is 2. The van der Waals surface area contributed by atoms with Crippen molar-refractivity contribution < 1.29 is 23.2 Å². The lowest BCUT2D eigenvalue weighted by Crippen LogP contribution is -2.46. The van der Waals surface area contributed by atoms with E-state index < -0.39 is 30.0 Å². The van der Waals surface area contributed by atoms with E-state index in [2.05, 4.69) is 42.7 Å². The minimum atomic E-state index is -2.86. The summed E-state index contributed by atoms with van der Waals surface area (Å²) in [5, 5.41) is 13.4. The Balaban J connectivity index is 0.879. The maximum atomic E-state index is 14.0. The highest BCUT2D eigenvalue weighted by molar-refractivity contribution is 6.08. The van der Waals surface area contributed by atoms with Crippen molar-refractivity contribution in [2.45, 2.75) is 70.0 Å². The topological polar surface area (TPSA) is 157 Å². The minimum absolute atomic E-state index is 0.0207. The molecule has 2 N–H and O–H groups in total. The average Bonchev–Trinajstić information content (AvgIpc) is 3.81. The second-order valence-corrected chi connectivity index (χ2v) is 14.5. The molecule has 1 aromatic carbocycles. The first-order chi connectivity index (χ1) is 25.5. The Morgan fingerprint density at radius 2 is 1.89 bits per heavy atom. The molecule has 1 aliphatic carbocycles. The van der Waals surface area contributed by atoms with Gasteiger partial charge in [0.2, 0.25) is 11.8 Å². The van der Waals surface area contributed by atoms with Crippen molar-refractivity contribution in [1.82, 2.24) is 43.7 Å². The largest absolute Gasteiger partial charge is 0.370 e. The normalized spacial score (nSPS) is 21.2. The van der Waals surface area contributed by atoms with E-state index in [4.69, 9.17) is 0 Å². The van der Waals surface area contributed by atoms with E-state index in [1.54, 1.807) is 28.6 Å². The predicted molar refractivity (Wildman–Crippen MR) is 191 cm³/mol. The molecule has 3 fully saturated rings. The quantitative estimate of drug-likeness (QED) is 0.217. The van der Waals surface area contributed by atoms with Crippen LogP contribution in [0.15, 0.2) is 47.7 Å². The SMILES string of the molecule is Cc1ccnc2c(C(=O)Nc3cn([C@H]4C[C@H](CN(C)C5CCN(c6cccc7c6n(C)c(=O)n7C6CCC(=O)NC6=O)CC5)C4)nc3C(F)F)cnn12. The first-order valence-corrected chi connectivity index (χ1v) is 17.9. The molecule has 278 valence electrons. The number of amides is 3. The number of benzene rings is 1. The maximum Gasteiger partial charge on any atom is 0.329 e. The van der Waals surface area contributed by atoms with Gasteiger partial charge >= 0.3 is 5.69 Å². The molecule has 5 aromatic rings. The molecule has 0 radical (unpaired) electrons. The van der Waals surface area contributed by atoms with Crippen LogP contribution in [-0.4, -0.2) is 88.9 Å². The molecule has 0 spiro atoms. The smallest absolute Gasteiger partial charge is 0.329 e. The second-order valence-electron chi connectivity index (χ2n) is 14.5. The van der Waals surface area contributed by atoms with Crippen LogP contribution in [0, 0.1) is 12.8 Å². The van der Waals surface area contributed by atoms with Gasteiger partial charge in [-0.2, -0.15) is 10.2 Å². The molecule has 1 unspecified atom stereocenters. The highest BCUT2D eigenvalue weighted by Gasteiger charge is 2.36. The van der Waals surface area contributed by atoms with E-state index in [0.717, 1.165) is 62.2 Å². The zero-order chi connectivity index (χ0) is 37.1. The summed E-state index contributed by atoms with van der Waals surface area (Å²) >= 11 is 0. The van der Waals surface area contributed by atoms with Crippen molar-refractivity contribution in [3.63, 3.8) is 0 Å². The Hall–Kier alpha value is -5.45. The fourth-order valence-corrected chi connectivity index (χ4v) is 8.28. The number of alkyl halides is 2. The van der Waals surface area contributed by atoms with E-state index in [-0.39, 0.29) is 41.7 Å². The summed E-state index contributed by atoms with van der Waals surface area (Å²) in [5.41, 5.74) is 2.94. The number of fused-ring (bicyclic) bond motifs is 2. The third kappa shape index (κ3) is 6.15. The number of nitrogens with zero attached hydrogens (tertiary/aromatic N) is 9. The van der Waals surface area contributed by atoms with Crippen LogP contribution in [-0.2, 0) is 16.6 Å². The Bertz CT molecular complexity index is 2290. The Labute approximate surface area is 302 Å². The number of imidazole rings is 1. The standard InChI is InChI=1S/C36H41F2N11O4/c1-20-9-12-39-33-24(17-40-49(20)33)34(51)41-25-19-47(43-30(25)32(37)38)23-15-21(16-23)18-44(2)22-10-13-46(14-11-22)26-5-4-6-27-31(26)45(3)36(53)48(27)28-7-8-29(50)42-35(28)52/h4-6,9,12,17,19,21-23,28,32H,7-8,10-11,13-16,18H2,1-3H3,(H,41,51)(H,42,50,52)/t21-,23-,28?. The number of hydrogen-bond acceptors (Lipinski definition) is 9. The molecule has 0 bridgehead atoms. The zero-order valence-corrected chi connectivity index (χ0v) is 29.7. The van der Waals surface area contributed by atoms with Crippen molar-refractivity contribution in [1.29, 1.82) is 0 Å². The first kappa shape index (κ1) is 34.6. The molecule has 4 aromatic heterocycles. The second kappa shape index (κ2) is 13.5. The van der Waals surface area contributed by atoms with Gasteiger partial charge in [-0.25, -0.2) is 23.1 Å².